The van der Waals surface area contributed by atoms with E-state index in [-0.39, 0.29) is 0 Å². The SMILES string of the molecule is CCCNCC1(CCS(=O)(=O)CCC)CC1. The highest BCUT2D eigenvalue weighted by Gasteiger charge is 2.42. The fourth-order valence-electron chi connectivity index (χ4n) is 2.01. The average molecular weight is 247 g/mol. The fourth-order valence-corrected chi connectivity index (χ4v) is 3.58. The molecule has 1 fully saturated rings. The van der Waals surface area contributed by atoms with Crippen LogP contribution in [0.2, 0.25) is 0 Å². The second-order valence-corrected chi connectivity index (χ2v) is 7.38. The molecule has 96 valence electrons. The standard InChI is InChI=1S/C12H25NO2S/c1-3-8-13-11-12(5-6-12)7-10-16(14,15)9-4-2/h13H,3-11H2,1-2H3. The van der Waals surface area contributed by atoms with Crippen LogP contribution in [0.1, 0.15) is 46.0 Å². The van der Waals surface area contributed by atoms with E-state index in [9.17, 15) is 8.42 Å². The Kier molecular flexibility index (Phi) is 5.25. The number of rotatable bonds is 9. The van der Waals surface area contributed by atoms with Crippen molar-refractivity contribution in [2.75, 3.05) is 24.6 Å². The largest absolute Gasteiger partial charge is 0.316 e. The van der Waals surface area contributed by atoms with Crippen molar-refractivity contribution in [3.8, 4) is 0 Å². The van der Waals surface area contributed by atoms with Crippen LogP contribution in [0.4, 0.5) is 0 Å². The Labute approximate surface area is 99.9 Å². The normalized spacial score (nSPS) is 18.6. The number of nitrogens with one attached hydrogen (secondary N) is 1. The van der Waals surface area contributed by atoms with Crippen LogP contribution in [-0.4, -0.2) is 33.0 Å². The van der Waals surface area contributed by atoms with Gasteiger partial charge in [0.25, 0.3) is 0 Å². The summed E-state index contributed by atoms with van der Waals surface area (Å²) >= 11 is 0. The van der Waals surface area contributed by atoms with Crippen molar-refractivity contribution in [1.82, 2.24) is 5.32 Å². The maximum Gasteiger partial charge on any atom is 0.150 e. The molecule has 0 radical (unpaired) electrons. The van der Waals surface area contributed by atoms with Crippen molar-refractivity contribution in [1.29, 1.82) is 0 Å². The van der Waals surface area contributed by atoms with Crippen molar-refractivity contribution in [2.45, 2.75) is 46.0 Å². The minimum absolute atomic E-state index is 0.315. The number of hydrogen-bond acceptors (Lipinski definition) is 3. The van der Waals surface area contributed by atoms with Crippen molar-refractivity contribution in [2.24, 2.45) is 5.41 Å². The van der Waals surface area contributed by atoms with Crippen LogP contribution in [-0.2, 0) is 9.84 Å². The lowest BCUT2D eigenvalue weighted by atomic mass is 10.0. The zero-order valence-electron chi connectivity index (χ0n) is 10.6. The van der Waals surface area contributed by atoms with Crippen LogP contribution < -0.4 is 5.32 Å². The molecule has 0 unspecified atom stereocenters. The van der Waals surface area contributed by atoms with E-state index in [0.717, 1.165) is 32.4 Å². The third-order valence-corrected chi connectivity index (χ3v) is 5.20. The molecule has 0 aromatic heterocycles. The predicted molar refractivity (Wildman–Crippen MR) is 68.4 cm³/mol. The van der Waals surface area contributed by atoms with Crippen molar-refractivity contribution >= 4 is 9.84 Å². The smallest absolute Gasteiger partial charge is 0.150 e. The molecular formula is C12H25NO2S. The average Bonchev–Trinajstić information content (AvgIpc) is 2.97. The van der Waals surface area contributed by atoms with Gasteiger partial charge in [0.1, 0.15) is 9.84 Å². The molecule has 1 N–H and O–H groups in total. The fraction of sp³-hybridized carbons (Fsp3) is 1.00. The zero-order valence-corrected chi connectivity index (χ0v) is 11.4. The molecule has 1 aliphatic rings. The molecular weight excluding hydrogens is 222 g/mol. The molecule has 0 bridgehead atoms. The molecule has 0 amide bonds. The lowest BCUT2D eigenvalue weighted by Gasteiger charge is -2.15. The lowest BCUT2D eigenvalue weighted by Crippen LogP contribution is -2.26. The van der Waals surface area contributed by atoms with Gasteiger partial charge in [0.05, 0.1) is 5.75 Å². The molecule has 4 heteroatoms. The highest BCUT2D eigenvalue weighted by Crippen LogP contribution is 2.48. The Bertz CT molecular complexity index is 294. The third-order valence-electron chi connectivity index (χ3n) is 3.34. The molecule has 16 heavy (non-hydrogen) atoms. The zero-order chi connectivity index (χ0) is 12.1. The summed E-state index contributed by atoms with van der Waals surface area (Å²) in [6.07, 6.45) is 5.14. The molecule has 0 aromatic carbocycles. The van der Waals surface area contributed by atoms with E-state index in [0.29, 0.717) is 16.9 Å². The van der Waals surface area contributed by atoms with Crippen molar-refractivity contribution in [3.05, 3.63) is 0 Å². The number of hydrogen-bond donors (Lipinski definition) is 1. The Balaban J connectivity index is 2.26. The van der Waals surface area contributed by atoms with Crippen LogP contribution in [0.5, 0.6) is 0 Å². The topological polar surface area (TPSA) is 46.2 Å². The van der Waals surface area contributed by atoms with Crippen LogP contribution in [0.15, 0.2) is 0 Å². The summed E-state index contributed by atoms with van der Waals surface area (Å²) in [5, 5.41) is 3.41. The van der Waals surface area contributed by atoms with Crippen LogP contribution in [0.3, 0.4) is 0 Å². The Morgan fingerprint density at radius 2 is 1.81 bits per heavy atom. The quantitative estimate of drug-likeness (QED) is 0.634. The van der Waals surface area contributed by atoms with Crippen molar-refractivity contribution < 1.29 is 8.42 Å². The maximum atomic E-state index is 11.6. The molecule has 0 aromatic rings. The van der Waals surface area contributed by atoms with Gasteiger partial charge >= 0.3 is 0 Å². The molecule has 3 nitrogen and oxygen atoms in total. The van der Waals surface area contributed by atoms with Gasteiger partial charge in [-0.15, -0.1) is 0 Å². The molecule has 0 aliphatic heterocycles. The second kappa shape index (κ2) is 6.01. The summed E-state index contributed by atoms with van der Waals surface area (Å²) in [5.41, 5.74) is 0.315. The van der Waals surface area contributed by atoms with E-state index in [2.05, 4.69) is 12.2 Å². The molecule has 1 saturated carbocycles. The van der Waals surface area contributed by atoms with Gasteiger partial charge < -0.3 is 5.32 Å². The van der Waals surface area contributed by atoms with Gasteiger partial charge in [0.15, 0.2) is 0 Å². The highest BCUT2D eigenvalue weighted by atomic mass is 32.2. The molecule has 0 atom stereocenters. The Hall–Kier alpha value is -0.0900. The Morgan fingerprint density at radius 3 is 2.31 bits per heavy atom. The summed E-state index contributed by atoms with van der Waals surface area (Å²) in [6.45, 7) is 6.12. The molecule has 0 spiro atoms. The maximum absolute atomic E-state index is 11.6. The van der Waals surface area contributed by atoms with Gasteiger partial charge in [-0.2, -0.15) is 0 Å². The van der Waals surface area contributed by atoms with Gasteiger partial charge in [0.2, 0.25) is 0 Å². The number of sulfone groups is 1. The van der Waals surface area contributed by atoms with Gasteiger partial charge in [-0.1, -0.05) is 13.8 Å². The first-order chi connectivity index (χ1) is 7.54. The van der Waals surface area contributed by atoms with E-state index in [1.807, 2.05) is 6.92 Å². The van der Waals surface area contributed by atoms with Crippen LogP contribution >= 0.6 is 0 Å². The first kappa shape index (κ1) is 14.0. The van der Waals surface area contributed by atoms with E-state index in [4.69, 9.17) is 0 Å². The highest BCUT2D eigenvalue weighted by molar-refractivity contribution is 7.91. The monoisotopic (exact) mass is 247 g/mol. The summed E-state index contributed by atoms with van der Waals surface area (Å²) in [6, 6.07) is 0. The molecule has 1 aliphatic carbocycles. The van der Waals surface area contributed by atoms with E-state index in [1.165, 1.54) is 12.8 Å². The Morgan fingerprint density at radius 1 is 1.12 bits per heavy atom. The first-order valence-electron chi connectivity index (χ1n) is 6.45. The minimum Gasteiger partial charge on any atom is -0.316 e. The summed E-state index contributed by atoms with van der Waals surface area (Å²) in [4.78, 5) is 0. The summed E-state index contributed by atoms with van der Waals surface area (Å²) in [5.74, 6) is 0.736. The second-order valence-electron chi connectivity index (χ2n) is 5.08. The van der Waals surface area contributed by atoms with Gasteiger partial charge in [-0.05, 0) is 44.1 Å². The summed E-state index contributed by atoms with van der Waals surface area (Å²) < 4.78 is 23.2. The molecule has 0 heterocycles. The van der Waals surface area contributed by atoms with E-state index < -0.39 is 9.84 Å². The van der Waals surface area contributed by atoms with E-state index in [1.54, 1.807) is 0 Å². The van der Waals surface area contributed by atoms with Gasteiger partial charge in [-0.3, -0.25) is 0 Å². The predicted octanol–water partition coefficient (Wildman–Crippen LogP) is 1.98. The summed E-state index contributed by atoms with van der Waals surface area (Å²) in [7, 11) is -2.78. The molecule has 1 rings (SSSR count). The lowest BCUT2D eigenvalue weighted by molar-refractivity contribution is 0.443. The van der Waals surface area contributed by atoms with Crippen LogP contribution in [0.25, 0.3) is 0 Å². The van der Waals surface area contributed by atoms with E-state index >= 15 is 0 Å². The van der Waals surface area contributed by atoms with Gasteiger partial charge in [-0.25, -0.2) is 8.42 Å². The minimum atomic E-state index is -2.78. The van der Waals surface area contributed by atoms with Gasteiger partial charge in [0, 0.05) is 12.3 Å². The third kappa shape index (κ3) is 4.83. The van der Waals surface area contributed by atoms with Crippen molar-refractivity contribution in [3.63, 3.8) is 0 Å². The first-order valence-corrected chi connectivity index (χ1v) is 8.27. The van der Waals surface area contributed by atoms with Crippen LogP contribution in [0, 0.1) is 5.41 Å². The molecule has 0 saturated heterocycles.